The minimum Gasteiger partial charge on any atom is -0.813 e. The first-order valence-corrected chi connectivity index (χ1v) is 14.8. The second-order valence-corrected chi connectivity index (χ2v) is 9.54. The molecule has 2 aliphatic rings. The van der Waals surface area contributed by atoms with Crippen molar-refractivity contribution in [2.45, 2.75) is 82.1 Å². The van der Waals surface area contributed by atoms with Crippen LogP contribution in [0.15, 0.2) is 0 Å². The van der Waals surface area contributed by atoms with Crippen LogP contribution in [0.4, 0.5) is 0 Å². The number of hydrogen-bond acceptors (Lipinski definition) is 2. The molecule has 2 fully saturated rings. The SMILES string of the molecule is CC1CC(C)C(C)C(C)C1C.CC1CC(C)C(C)C(C)C1C.[Cl][Ru+2].[Cl][Ru+2].[SH-].[SH-]. The maximum Gasteiger partial charge on any atom is -0.813 e. The number of hydrogen-bond donors (Lipinski definition) is 0. The molecule has 0 spiro atoms. The van der Waals surface area contributed by atoms with Gasteiger partial charge in [-0.3, -0.25) is 0 Å². The fourth-order valence-corrected chi connectivity index (χ4v) is 5.06. The molecule has 8 atom stereocenters. The maximum atomic E-state index is 4.57. The van der Waals surface area contributed by atoms with E-state index in [1.54, 1.807) is 0 Å². The quantitative estimate of drug-likeness (QED) is 0.149. The van der Waals surface area contributed by atoms with E-state index in [9.17, 15) is 0 Å². The number of rotatable bonds is 0. The van der Waals surface area contributed by atoms with E-state index in [4.69, 9.17) is 0 Å². The zero-order valence-electron chi connectivity index (χ0n) is 19.5. The van der Waals surface area contributed by atoms with E-state index < -0.39 is 0 Å². The van der Waals surface area contributed by atoms with Gasteiger partial charge in [0.2, 0.25) is 0 Å². The van der Waals surface area contributed by atoms with Crippen LogP contribution in [-0.4, -0.2) is 0 Å². The Bertz CT molecular complexity index is 290. The molecular formula is C22H46Cl2Ru2S2+2. The van der Waals surface area contributed by atoms with Gasteiger partial charge in [-0.15, -0.1) is 0 Å². The van der Waals surface area contributed by atoms with E-state index in [2.05, 4.69) is 88.6 Å². The van der Waals surface area contributed by atoms with Crippen molar-refractivity contribution in [1.82, 2.24) is 0 Å². The predicted molar refractivity (Wildman–Crippen MR) is 130 cm³/mol. The van der Waals surface area contributed by atoms with Gasteiger partial charge in [0, 0.05) is 0 Å². The smallest absolute Gasteiger partial charge is 0.813 e. The van der Waals surface area contributed by atoms with Crippen LogP contribution in [0.25, 0.3) is 0 Å². The van der Waals surface area contributed by atoms with Crippen molar-refractivity contribution in [2.75, 3.05) is 0 Å². The Labute approximate surface area is 220 Å². The molecule has 2 saturated carbocycles. The number of halogens is 2. The van der Waals surface area contributed by atoms with Crippen molar-refractivity contribution in [3.05, 3.63) is 0 Å². The average Bonchev–Trinajstić information content (AvgIpc) is 2.65. The first-order chi connectivity index (χ1) is 12.1. The first-order valence-electron chi connectivity index (χ1n) is 10.3. The molecule has 0 aromatic carbocycles. The van der Waals surface area contributed by atoms with Crippen molar-refractivity contribution in [3.63, 3.8) is 0 Å². The third kappa shape index (κ3) is 12.0. The molecule has 0 nitrogen and oxygen atoms in total. The van der Waals surface area contributed by atoms with Crippen LogP contribution < -0.4 is 0 Å². The van der Waals surface area contributed by atoms with Crippen LogP contribution in [0.3, 0.4) is 0 Å². The summed E-state index contributed by atoms with van der Waals surface area (Å²) < 4.78 is 0. The van der Waals surface area contributed by atoms with Crippen LogP contribution in [-0.2, 0) is 61.6 Å². The van der Waals surface area contributed by atoms with E-state index in [0.717, 1.165) is 59.2 Å². The van der Waals surface area contributed by atoms with Gasteiger partial charge in [-0.2, -0.15) is 0 Å². The standard InChI is InChI=1S/2C11H22.2ClH.2Ru.2H2S/c2*1-7-6-8(2)10(4)11(5)9(7)3;;;;;;/h2*7-11H,6H2,1-5H3;2*1H;;;2*1H2/q;;;;2*+3;;/p-4. The summed E-state index contributed by atoms with van der Waals surface area (Å²) in [6.07, 6.45) is 2.87. The summed E-state index contributed by atoms with van der Waals surface area (Å²) in [6, 6.07) is 0. The minimum atomic E-state index is 0. The summed E-state index contributed by atoms with van der Waals surface area (Å²) in [5.74, 6) is 9.34. The second-order valence-electron chi connectivity index (χ2n) is 9.54. The molecule has 0 heterocycles. The molecule has 0 N–H and O–H groups in total. The van der Waals surface area contributed by atoms with Crippen molar-refractivity contribution in [2.24, 2.45) is 59.2 Å². The molecule has 0 aliphatic heterocycles. The van der Waals surface area contributed by atoms with E-state index in [0.29, 0.717) is 0 Å². The third-order valence-corrected chi connectivity index (χ3v) is 8.39. The molecule has 0 radical (unpaired) electrons. The van der Waals surface area contributed by atoms with Crippen LogP contribution in [0, 0.1) is 59.2 Å². The van der Waals surface area contributed by atoms with Crippen molar-refractivity contribution in [3.8, 4) is 0 Å². The molecule has 0 aromatic rings. The fraction of sp³-hybridized carbons (Fsp3) is 1.00. The van der Waals surface area contributed by atoms with E-state index in [1.165, 1.54) is 12.8 Å². The summed E-state index contributed by atoms with van der Waals surface area (Å²) in [7, 11) is 9.14. The van der Waals surface area contributed by atoms with Crippen molar-refractivity contribution >= 4 is 46.4 Å². The van der Waals surface area contributed by atoms with Gasteiger partial charge in [-0.25, -0.2) is 0 Å². The van der Waals surface area contributed by atoms with Gasteiger partial charge in [-0.1, -0.05) is 69.2 Å². The molecule has 28 heavy (non-hydrogen) atoms. The zero-order valence-corrected chi connectivity index (χ0v) is 26.3. The van der Waals surface area contributed by atoms with E-state index >= 15 is 0 Å². The summed E-state index contributed by atoms with van der Waals surface area (Å²) in [5, 5.41) is 0. The van der Waals surface area contributed by atoms with Gasteiger partial charge in [0.15, 0.2) is 0 Å². The normalized spacial score (nSPS) is 41.7. The van der Waals surface area contributed by atoms with Gasteiger partial charge in [0.05, 0.1) is 0 Å². The summed E-state index contributed by atoms with van der Waals surface area (Å²) in [4.78, 5) is 0. The molecule has 2 aliphatic carbocycles. The summed E-state index contributed by atoms with van der Waals surface area (Å²) in [5.41, 5.74) is 0. The largest absolute Gasteiger partial charge is 0.813 e. The van der Waals surface area contributed by atoms with Gasteiger partial charge in [-0.05, 0) is 72.0 Å². The Hall–Kier alpha value is 2.53. The minimum absolute atomic E-state index is 0. The average molecular weight is 648 g/mol. The summed E-state index contributed by atoms with van der Waals surface area (Å²) in [6.45, 7) is 24.1. The molecule has 6 heteroatoms. The van der Waals surface area contributed by atoms with Crippen molar-refractivity contribution in [1.29, 1.82) is 0 Å². The molecule has 174 valence electrons. The van der Waals surface area contributed by atoms with Crippen molar-refractivity contribution < 1.29 is 34.6 Å². The third-order valence-electron chi connectivity index (χ3n) is 8.39. The van der Waals surface area contributed by atoms with Crippen LogP contribution in [0.2, 0.25) is 0 Å². The Morgan fingerprint density at radius 1 is 0.393 bits per heavy atom. The van der Waals surface area contributed by atoms with Gasteiger partial charge in [0.25, 0.3) is 0 Å². The first kappa shape index (κ1) is 37.8. The Morgan fingerprint density at radius 2 is 0.536 bits per heavy atom. The van der Waals surface area contributed by atoms with E-state index in [1.807, 2.05) is 34.6 Å². The molecule has 2 rings (SSSR count). The second kappa shape index (κ2) is 20.2. The Balaban J connectivity index is -0.000000165. The van der Waals surface area contributed by atoms with Crippen LogP contribution >= 0.6 is 19.4 Å². The Kier molecular flexibility index (Phi) is 27.2. The molecule has 0 aromatic heterocycles. The summed E-state index contributed by atoms with van der Waals surface area (Å²) >= 11 is 3.64. The monoisotopic (exact) mass is 648 g/mol. The molecule has 0 amide bonds. The van der Waals surface area contributed by atoms with Gasteiger partial charge in [0.1, 0.15) is 0 Å². The molecule has 8 unspecified atom stereocenters. The topological polar surface area (TPSA) is 0 Å². The van der Waals surface area contributed by atoms with Crippen LogP contribution in [0.5, 0.6) is 0 Å². The van der Waals surface area contributed by atoms with Gasteiger partial charge >= 0.3 is 54.0 Å². The zero-order chi connectivity index (χ0) is 21.2. The fourth-order valence-electron chi connectivity index (χ4n) is 5.06. The Morgan fingerprint density at radius 3 is 0.679 bits per heavy atom. The molecule has 0 bridgehead atoms. The van der Waals surface area contributed by atoms with Crippen LogP contribution in [0.1, 0.15) is 82.1 Å². The molecule has 0 saturated heterocycles. The number of thiol groups is 2. The predicted octanol–water partition coefficient (Wildman–Crippen LogP) is 7.98. The van der Waals surface area contributed by atoms with Gasteiger partial charge < -0.3 is 27.0 Å². The molecular weight excluding hydrogens is 601 g/mol. The van der Waals surface area contributed by atoms with E-state index in [-0.39, 0.29) is 27.0 Å². The maximum absolute atomic E-state index is 4.57.